The molecule has 1 saturated heterocycles. The summed E-state index contributed by atoms with van der Waals surface area (Å²) in [5.74, 6) is 6.54. The lowest BCUT2D eigenvalue weighted by molar-refractivity contribution is 0.0342. The van der Waals surface area contributed by atoms with E-state index in [1.807, 2.05) is 24.4 Å². The first-order valence-corrected chi connectivity index (χ1v) is 11.8. The third-order valence-electron chi connectivity index (χ3n) is 5.93. The number of halogens is 1. The zero-order valence-corrected chi connectivity index (χ0v) is 19.8. The highest BCUT2D eigenvalue weighted by Gasteiger charge is 2.11. The minimum absolute atomic E-state index is 0.714. The number of nitrogen functional groups attached to an aromatic ring is 1. The first-order valence-electron chi connectivity index (χ1n) is 11.0. The van der Waals surface area contributed by atoms with E-state index >= 15 is 0 Å². The first-order chi connectivity index (χ1) is 16.2. The topological polar surface area (TPSA) is 51.4 Å². The number of pyridine rings is 1. The lowest BCUT2D eigenvalue weighted by atomic mass is 9.99. The Kier molecular flexibility index (Phi) is 6.41. The second-order valence-electron chi connectivity index (χ2n) is 8.16. The summed E-state index contributed by atoms with van der Waals surface area (Å²) in [6.45, 7) is 4.60. The number of rotatable bonds is 3. The van der Waals surface area contributed by atoms with Gasteiger partial charge in [-0.15, -0.1) is 0 Å². The van der Waals surface area contributed by atoms with Gasteiger partial charge in [0.25, 0.3) is 0 Å². The van der Waals surface area contributed by atoms with E-state index in [9.17, 15) is 0 Å². The fraction of sp³-hybridized carbons (Fsp3) is 0.179. The van der Waals surface area contributed by atoms with Crippen LogP contribution in [-0.4, -0.2) is 36.2 Å². The van der Waals surface area contributed by atoms with Gasteiger partial charge in [0, 0.05) is 54.1 Å². The molecule has 0 atom stereocenters. The molecule has 2 heterocycles. The number of nitrogens with two attached hydrogens (primary N) is 1. The molecular formula is C28H24BrN3O. The van der Waals surface area contributed by atoms with Crippen molar-refractivity contribution in [2.24, 2.45) is 0 Å². The van der Waals surface area contributed by atoms with Crippen LogP contribution in [0.25, 0.3) is 21.9 Å². The standard InChI is InChI=1S/C28H24BrN3O/c29-27-26-18-31-12-11-24(26)17-25(28(27)30)23-9-7-21(8-10-23)2-1-20-3-5-22(6-4-20)19-32-13-15-33-16-14-32/h3-12,17-18H,13-16,19,30H2. The molecule has 5 heteroatoms. The van der Waals surface area contributed by atoms with Gasteiger partial charge in [-0.05, 0) is 68.8 Å². The van der Waals surface area contributed by atoms with Crippen LogP contribution in [0.3, 0.4) is 0 Å². The van der Waals surface area contributed by atoms with E-state index in [2.05, 4.69) is 80.1 Å². The molecule has 2 N–H and O–H groups in total. The second kappa shape index (κ2) is 9.76. The molecule has 0 radical (unpaired) electrons. The highest BCUT2D eigenvalue weighted by molar-refractivity contribution is 9.10. The minimum Gasteiger partial charge on any atom is -0.397 e. The van der Waals surface area contributed by atoms with Crippen molar-refractivity contribution in [3.05, 3.63) is 94.2 Å². The molecule has 164 valence electrons. The quantitative estimate of drug-likeness (QED) is 0.300. The molecule has 4 nitrogen and oxygen atoms in total. The lowest BCUT2D eigenvalue weighted by Gasteiger charge is -2.26. The van der Waals surface area contributed by atoms with Gasteiger partial charge in [-0.3, -0.25) is 9.88 Å². The second-order valence-corrected chi connectivity index (χ2v) is 8.95. The van der Waals surface area contributed by atoms with Crippen molar-refractivity contribution in [2.75, 3.05) is 32.0 Å². The number of anilines is 1. The van der Waals surface area contributed by atoms with Gasteiger partial charge in [-0.2, -0.15) is 0 Å². The summed E-state index contributed by atoms with van der Waals surface area (Å²) in [4.78, 5) is 6.62. The number of morpholine rings is 1. The van der Waals surface area contributed by atoms with Gasteiger partial charge in [0.1, 0.15) is 0 Å². The van der Waals surface area contributed by atoms with Gasteiger partial charge in [-0.1, -0.05) is 36.1 Å². The van der Waals surface area contributed by atoms with Gasteiger partial charge in [-0.25, -0.2) is 0 Å². The van der Waals surface area contributed by atoms with E-state index < -0.39 is 0 Å². The Morgan fingerprint density at radius 1 is 0.939 bits per heavy atom. The van der Waals surface area contributed by atoms with Gasteiger partial charge in [0.05, 0.1) is 23.4 Å². The Bertz CT molecular complexity index is 1330. The van der Waals surface area contributed by atoms with Crippen molar-refractivity contribution in [1.29, 1.82) is 0 Å². The third-order valence-corrected chi connectivity index (χ3v) is 6.78. The molecule has 0 unspecified atom stereocenters. The van der Waals surface area contributed by atoms with Crippen LogP contribution >= 0.6 is 15.9 Å². The van der Waals surface area contributed by atoms with Crippen molar-refractivity contribution in [2.45, 2.75) is 6.54 Å². The average Bonchev–Trinajstić information content (AvgIpc) is 2.87. The number of hydrogen-bond donors (Lipinski definition) is 1. The number of ether oxygens (including phenoxy) is 1. The number of aromatic nitrogens is 1. The maximum Gasteiger partial charge on any atom is 0.0594 e. The van der Waals surface area contributed by atoms with Crippen molar-refractivity contribution < 1.29 is 4.74 Å². The summed E-state index contributed by atoms with van der Waals surface area (Å²) in [5.41, 5.74) is 12.5. The number of fused-ring (bicyclic) bond motifs is 1. The number of nitrogens with zero attached hydrogens (tertiary/aromatic N) is 2. The summed E-state index contributed by atoms with van der Waals surface area (Å²) < 4.78 is 6.30. The smallest absolute Gasteiger partial charge is 0.0594 e. The summed E-state index contributed by atoms with van der Waals surface area (Å²) in [7, 11) is 0. The van der Waals surface area contributed by atoms with Crippen LogP contribution in [0.5, 0.6) is 0 Å². The number of hydrogen-bond acceptors (Lipinski definition) is 4. The van der Waals surface area contributed by atoms with E-state index in [-0.39, 0.29) is 0 Å². The van der Waals surface area contributed by atoms with Gasteiger partial charge < -0.3 is 10.5 Å². The predicted octanol–water partition coefficient (Wildman–Crippen LogP) is 5.48. The fourth-order valence-electron chi connectivity index (χ4n) is 4.04. The van der Waals surface area contributed by atoms with Crippen LogP contribution in [0, 0.1) is 11.8 Å². The molecule has 0 bridgehead atoms. The summed E-state index contributed by atoms with van der Waals surface area (Å²) in [6, 6.07) is 20.8. The zero-order chi connectivity index (χ0) is 22.6. The van der Waals surface area contributed by atoms with E-state index in [4.69, 9.17) is 10.5 Å². The first kappa shape index (κ1) is 21.7. The molecule has 33 heavy (non-hydrogen) atoms. The van der Waals surface area contributed by atoms with E-state index in [0.717, 1.165) is 70.3 Å². The normalized spacial score (nSPS) is 14.1. The third kappa shape index (κ3) is 4.94. The maximum absolute atomic E-state index is 6.41. The minimum atomic E-state index is 0.714. The average molecular weight is 498 g/mol. The monoisotopic (exact) mass is 497 g/mol. The predicted molar refractivity (Wildman–Crippen MR) is 138 cm³/mol. The summed E-state index contributed by atoms with van der Waals surface area (Å²) in [6.07, 6.45) is 3.62. The molecule has 5 rings (SSSR count). The van der Waals surface area contributed by atoms with E-state index in [1.54, 1.807) is 6.20 Å². The zero-order valence-electron chi connectivity index (χ0n) is 18.2. The SMILES string of the molecule is Nc1c(-c2ccc(C#Cc3ccc(CN4CCOCC4)cc3)cc2)cc2ccncc2c1Br. The highest BCUT2D eigenvalue weighted by atomic mass is 79.9. The van der Waals surface area contributed by atoms with Crippen LogP contribution < -0.4 is 5.73 Å². The van der Waals surface area contributed by atoms with Crippen LogP contribution in [0.4, 0.5) is 5.69 Å². The molecule has 1 aliphatic heterocycles. The molecule has 0 spiro atoms. The van der Waals surface area contributed by atoms with Crippen molar-refractivity contribution >= 4 is 32.4 Å². The van der Waals surface area contributed by atoms with Crippen molar-refractivity contribution in [3.8, 4) is 23.0 Å². The molecule has 0 saturated carbocycles. The van der Waals surface area contributed by atoms with Gasteiger partial charge in [0.15, 0.2) is 0 Å². The summed E-state index contributed by atoms with van der Waals surface area (Å²) in [5, 5.41) is 2.11. The van der Waals surface area contributed by atoms with E-state index in [1.165, 1.54) is 5.56 Å². The summed E-state index contributed by atoms with van der Waals surface area (Å²) >= 11 is 3.63. The highest BCUT2D eigenvalue weighted by Crippen LogP contribution is 2.37. The van der Waals surface area contributed by atoms with Crippen molar-refractivity contribution in [3.63, 3.8) is 0 Å². The Hall–Kier alpha value is -3.17. The van der Waals surface area contributed by atoms with Gasteiger partial charge in [0.2, 0.25) is 0 Å². The molecular weight excluding hydrogens is 474 g/mol. The van der Waals surface area contributed by atoms with Crippen LogP contribution in [0.1, 0.15) is 16.7 Å². The number of benzene rings is 3. The Labute approximate surface area is 202 Å². The molecule has 4 aromatic rings. The molecule has 1 aromatic heterocycles. The van der Waals surface area contributed by atoms with Crippen LogP contribution in [0.2, 0.25) is 0 Å². The van der Waals surface area contributed by atoms with Crippen molar-refractivity contribution in [1.82, 2.24) is 9.88 Å². The van der Waals surface area contributed by atoms with Crippen LogP contribution in [0.15, 0.2) is 77.5 Å². The molecule has 1 aliphatic rings. The van der Waals surface area contributed by atoms with E-state index in [0.29, 0.717) is 5.69 Å². The maximum atomic E-state index is 6.41. The Morgan fingerprint density at radius 2 is 1.61 bits per heavy atom. The largest absolute Gasteiger partial charge is 0.397 e. The fourth-order valence-corrected chi connectivity index (χ4v) is 4.58. The van der Waals surface area contributed by atoms with Crippen LogP contribution in [-0.2, 0) is 11.3 Å². The van der Waals surface area contributed by atoms with Gasteiger partial charge >= 0.3 is 0 Å². The molecule has 3 aromatic carbocycles. The lowest BCUT2D eigenvalue weighted by Crippen LogP contribution is -2.35. The Balaban J connectivity index is 1.31. The molecule has 0 aliphatic carbocycles. The molecule has 1 fully saturated rings. The Morgan fingerprint density at radius 3 is 2.30 bits per heavy atom. The molecule has 0 amide bonds.